The number of aryl methyl sites for hydroxylation is 1. The fraction of sp³-hybridized carbons (Fsp3) is 0.643. The van der Waals surface area contributed by atoms with Crippen LogP contribution in [0.5, 0.6) is 0 Å². The number of fused-ring (bicyclic) bond motifs is 2. The first-order valence-electron chi connectivity index (χ1n) is 7.68. The Kier molecular flexibility index (Phi) is 2.95. The molecule has 2 fully saturated rings. The quantitative estimate of drug-likeness (QED) is 0.853. The third-order valence-corrected chi connectivity index (χ3v) is 4.76. The predicted octanol–water partition coefficient (Wildman–Crippen LogP) is 0.765. The maximum Gasteiger partial charge on any atom is 0.349 e. The molecule has 2 aliphatic heterocycles. The number of nitrogens with one attached hydrogen (secondary N) is 2. The van der Waals surface area contributed by atoms with Crippen molar-refractivity contribution in [2.24, 2.45) is 0 Å². The average Bonchev–Trinajstić information content (AvgIpc) is 3.04. The minimum Gasteiger partial charge on any atom is -0.366 e. The molecule has 0 amide bonds. The van der Waals surface area contributed by atoms with Crippen molar-refractivity contribution in [3.63, 3.8) is 0 Å². The summed E-state index contributed by atoms with van der Waals surface area (Å²) in [7, 11) is 0. The lowest BCUT2D eigenvalue weighted by atomic mass is 9.99. The Morgan fingerprint density at radius 3 is 3.14 bits per heavy atom. The standard InChI is InChI=1S/C14H20N6O/c1-9-15-12(8-13-17-18-14(21)20(9)13)16-10-5-7-19-6-3-2-4-11(10)19/h8,10-11,16H,2-7H2,1H3,(H,18,21). The number of hydrogen-bond acceptors (Lipinski definition) is 5. The van der Waals surface area contributed by atoms with E-state index in [-0.39, 0.29) is 5.69 Å². The molecule has 4 heterocycles. The van der Waals surface area contributed by atoms with Gasteiger partial charge in [-0.1, -0.05) is 6.42 Å². The molecule has 2 saturated heterocycles. The molecule has 0 bridgehead atoms. The minimum absolute atomic E-state index is 0.235. The van der Waals surface area contributed by atoms with Crippen LogP contribution in [0.1, 0.15) is 31.5 Å². The number of aromatic nitrogens is 4. The lowest BCUT2D eigenvalue weighted by Crippen LogP contribution is -2.41. The maximum absolute atomic E-state index is 11.6. The molecule has 2 aromatic rings. The van der Waals surface area contributed by atoms with Crippen molar-refractivity contribution in [3.8, 4) is 0 Å². The van der Waals surface area contributed by atoms with Crippen LogP contribution >= 0.6 is 0 Å². The van der Waals surface area contributed by atoms with Crippen LogP contribution in [0.25, 0.3) is 5.65 Å². The van der Waals surface area contributed by atoms with Crippen molar-refractivity contribution in [2.75, 3.05) is 18.4 Å². The van der Waals surface area contributed by atoms with Crippen LogP contribution in [0.3, 0.4) is 0 Å². The second-order valence-corrected chi connectivity index (χ2v) is 6.05. The Morgan fingerprint density at radius 1 is 1.33 bits per heavy atom. The van der Waals surface area contributed by atoms with Crippen molar-refractivity contribution in [3.05, 3.63) is 22.4 Å². The number of H-pyrrole nitrogens is 1. The van der Waals surface area contributed by atoms with E-state index in [2.05, 4.69) is 25.4 Å². The second kappa shape index (κ2) is 4.84. The Hall–Kier alpha value is -1.89. The van der Waals surface area contributed by atoms with Gasteiger partial charge >= 0.3 is 5.69 Å². The first kappa shape index (κ1) is 12.8. The van der Waals surface area contributed by atoms with Gasteiger partial charge in [0, 0.05) is 24.7 Å². The zero-order valence-corrected chi connectivity index (χ0v) is 12.2. The van der Waals surface area contributed by atoms with Crippen molar-refractivity contribution < 1.29 is 0 Å². The van der Waals surface area contributed by atoms with Crippen molar-refractivity contribution in [2.45, 2.75) is 44.7 Å². The Balaban J connectivity index is 1.61. The molecule has 2 N–H and O–H groups in total. The van der Waals surface area contributed by atoms with Crippen LogP contribution in [0, 0.1) is 6.92 Å². The molecule has 2 unspecified atom stereocenters. The predicted molar refractivity (Wildman–Crippen MR) is 79.6 cm³/mol. The highest BCUT2D eigenvalue weighted by atomic mass is 16.1. The highest BCUT2D eigenvalue weighted by Crippen LogP contribution is 2.29. The van der Waals surface area contributed by atoms with Crippen molar-refractivity contribution in [1.29, 1.82) is 0 Å². The van der Waals surface area contributed by atoms with E-state index in [9.17, 15) is 4.79 Å². The van der Waals surface area contributed by atoms with Crippen LogP contribution in [0.4, 0.5) is 5.82 Å². The zero-order valence-electron chi connectivity index (χ0n) is 12.2. The third-order valence-electron chi connectivity index (χ3n) is 4.76. The molecule has 0 aromatic carbocycles. The fourth-order valence-electron chi connectivity index (χ4n) is 3.78. The van der Waals surface area contributed by atoms with Crippen LogP contribution < -0.4 is 11.0 Å². The van der Waals surface area contributed by atoms with E-state index in [0.717, 1.165) is 12.2 Å². The summed E-state index contributed by atoms with van der Waals surface area (Å²) < 4.78 is 1.49. The topological polar surface area (TPSA) is 78.3 Å². The van der Waals surface area contributed by atoms with E-state index in [1.807, 2.05) is 13.0 Å². The number of piperidine rings is 1. The molecular formula is C14H20N6O. The van der Waals surface area contributed by atoms with Gasteiger partial charge in [0.1, 0.15) is 11.6 Å². The zero-order chi connectivity index (χ0) is 14.4. The Morgan fingerprint density at radius 2 is 2.24 bits per heavy atom. The van der Waals surface area contributed by atoms with E-state index >= 15 is 0 Å². The highest BCUT2D eigenvalue weighted by molar-refractivity contribution is 5.50. The summed E-state index contributed by atoms with van der Waals surface area (Å²) in [5.74, 6) is 1.48. The van der Waals surface area contributed by atoms with E-state index in [1.54, 1.807) is 0 Å². The molecule has 0 saturated carbocycles. The monoisotopic (exact) mass is 288 g/mol. The van der Waals surface area contributed by atoms with E-state index in [4.69, 9.17) is 0 Å². The molecule has 0 spiro atoms. The molecule has 0 radical (unpaired) electrons. The molecule has 112 valence electrons. The Bertz CT molecular complexity index is 720. The van der Waals surface area contributed by atoms with Gasteiger partial charge in [-0.3, -0.25) is 4.90 Å². The largest absolute Gasteiger partial charge is 0.366 e. The number of aromatic amines is 1. The molecule has 2 aromatic heterocycles. The average molecular weight is 288 g/mol. The molecule has 4 rings (SSSR count). The van der Waals surface area contributed by atoms with Gasteiger partial charge in [0.25, 0.3) is 0 Å². The van der Waals surface area contributed by atoms with Gasteiger partial charge in [0.15, 0.2) is 5.65 Å². The lowest BCUT2D eigenvalue weighted by Gasteiger charge is -2.32. The van der Waals surface area contributed by atoms with Gasteiger partial charge in [-0.15, -0.1) is 0 Å². The first-order chi connectivity index (χ1) is 10.2. The van der Waals surface area contributed by atoms with E-state index in [1.165, 1.54) is 36.8 Å². The Labute approximate surface area is 122 Å². The highest BCUT2D eigenvalue weighted by Gasteiger charge is 2.35. The number of rotatable bonds is 2. The molecule has 0 aliphatic carbocycles. The van der Waals surface area contributed by atoms with Crippen molar-refractivity contribution in [1.82, 2.24) is 24.5 Å². The van der Waals surface area contributed by atoms with Gasteiger partial charge in [0.05, 0.1) is 0 Å². The fourth-order valence-corrected chi connectivity index (χ4v) is 3.78. The number of anilines is 1. The number of nitrogens with zero attached hydrogens (tertiary/aromatic N) is 4. The first-order valence-corrected chi connectivity index (χ1v) is 7.68. The maximum atomic E-state index is 11.6. The molecular weight excluding hydrogens is 268 g/mol. The summed E-state index contributed by atoms with van der Waals surface area (Å²) in [4.78, 5) is 18.7. The van der Waals surface area contributed by atoms with Crippen LogP contribution in [-0.2, 0) is 0 Å². The smallest absolute Gasteiger partial charge is 0.349 e. The molecule has 21 heavy (non-hydrogen) atoms. The van der Waals surface area contributed by atoms with Crippen molar-refractivity contribution >= 4 is 11.5 Å². The molecule has 7 nitrogen and oxygen atoms in total. The summed E-state index contributed by atoms with van der Waals surface area (Å²) in [5.41, 5.74) is 0.384. The van der Waals surface area contributed by atoms with Crippen LogP contribution in [0.15, 0.2) is 10.9 Å². The summed E-state index contributed by atoms with van der Waals surface area (Å²) in [6, 6.07) is 2.92. The second-order valence-electron chi connectivity index (χ2n) is 6.05. The molecule has 2 aliphatic rings. The molecule has 7 heteroatoms. The van der Waals surface area contributed by atoms with Crippen LogP contribution in [0.2, 0.25) is 0 Å². The van der Waals surface area contributed by atoms with E-state index in [0.29, 0.717) is 23.6 Å². The summed E-state index contributed by atoms with van der Waals surface area (Å²) in [6.45, 7) is 4.23. The SMILES string of the molecule is Cc1nc(NC2CCN3CCCCC23)cc2n[nH]c(=O)n12. The van der Waals surface area contributed by atoms with E-state index < -0.39 is 0 Å². The normalized spacial score (nSPS) is 26.1. The summed E-state index contributed by atoms with van der Waals surface area (Å²) in [5, 5.41) is 10.1. The summed E-state index contributed by atoms with van der Waals surface area (Å²) in [6.07, 6.45) is 5.06. The molecule has 2 atom stereocenters. The lowest BCUT2D eigenvalue weighted by molar-refractivity contribution is 0.192. The van der Waals surface area contributed by atoms with Gasteiger partial charge < -0.3 is 5.32 Å². The van der Waals surface area contributed by atoms with Gasteiger partial charge in [0.2, 0.25) is 0 Å². The minimum atomic E-state index is -0.235. The van der Waals surface area contributed by atoms with Gasteiger partial charge in [-0.05, 0) is 32.7 Å². The third kappa shape index (κ3) is 2.12. The number of hydrogen-bond donors (Lipinski definition) is 2. The van der Waals surface area contributed by atoms with Crippen LogP contribution in [-0.4, -0.2) is 49.7 Å². The van der Waals surface area contributed by atoms with Gasteiger partial charge in [-0.2, -0.15) is 5.10 Å². The summed E-state index contributed by atoms with van der Waals surface area (Å²) >= 11 is 0. The van der Waals surface area contributed by atoms with Gasteiger partial charge in [-0.25, -0.2) is 19.3 Å².